The van der Waals surface area contributed by atoms with Crippen LogP contribution in [0.3, 0.4) is 0 Å². The highest BCUT2D eigenvalue weighted by Crippen LogP contribution is 2.24. The van der Waals surface area contributed by atoms with E-state index in [1.54, 1.807) is 24.5 Å². The average Bonchev–Trinajstić information content (AvgIpc) is 2.35. The SMILES string of the molecule is CC(Nc1cc(Br)ccc1F)c1cccnc1. The second kappa shape index (κ2) is 5.27. The number of pyridine rings is 1. The molecule has 1 atom stereocenters. The third kappa shape index (κ3) is 3.03. The van der Waals surface area contributed by atoms with Gasteiger partial charge >= 0.3 is 0 Å². The minimum Gasteiger partial charge on any atom is -0.376 e. The van der Waals surface area contributed by atoms with Crippen LogP contribution in [0.5, 0.6) is 0 Å². The highest BCUT2D eigenvalue weighted by molar-refractivity contribution is 9.10. The molecule has 1 aromatic heterocycles. The van der Waals surface area contributed by atoms with Gasteiger partial charge in [0.25, 0.3) is 0 Å². The van der Waals surface area contributed by atoms with Gasteiger partial charge in [-0.15, -0.1) is 0 Å². The van der Waals surface area contributed by atoms with Crippen molar-refractivity contribution in [1.29, 1.82) is 0 Å². The summed E-state index contributed by atoms with van der Waals surface area (Å²) in [4.78, 5) is 4.04. The van der Waals surface area contributed by atoms with Crippen molar-refractivity contribution in [2.24, 2.45) is 0 Å². The van der Waals surface area contributed by atoms with Crippen LogP contribution in [0, 0.1) is 5.82 Å². The van der Waals surface area contributed by atoms with Crippen LogP contribution in [0.15, 0.2) is 47.2 Å². The highest BCUT2D eigenvalue weighted by atomic mass is 79.9. The lowest BCUT2D eigenvalue weighted by Gasteiger charge is -2.16. The normalized spacial score (nSPS) is 12.2. The van der Waals surface area contributed by atoms with Gasteiger partial charge in [-0.25, -0.2) is 4.39 Å². The summed E-state index contributed by atoms with van der Waals surface area (Å²) < 4.78 is 14.4. The molecular weight excluding hydrogens is 283 g/mol. The fourth-order valence-electron chi connectivity index (χ4n) is 1.56. The van der Waals surface area contributed by atoms with Crippen LogP contribution < -0.4 is 5.32 Å². The lowest BCUT2D eigenvalue weighted by Crippen LogP contribution is -2.08. The van der Waals surface area contributed by atoms with Gasteiger partial charge in [0.15, 0.2) is 0 Å². The quantitative estimate of drug-likeness (QED) is 0.919. The molecule has 88 valence electrons. The number of benzene rings is 1. The zero-order valence-electron chi connectivity index (χ0n) is 9.32. The molecule has 1 heterocycles. The molecule has 2 aromatic rings. The van der Waals surface area contributed by atoms with Gasteiger partial charge < -0.3 is 5.32 Å². The number of nitrogens with one attached hydrogen (secondary N) is 1. The predicted molar refractivity (Wildman–Crippen MR) is 70.4 cm³/mol. The summed E-state index contributed by atoms with van der Waals surface area (Å²) in [5.74, 6) is -0.260. The molecule has 0 radical (unpaired) electrons. The summed E-state index contributed by atoms with van der Waals surface area (Å²) in [5, 5.41) is 3.12. The van der Waals surface area contributed by atoms with E-state index in [1.165, 1.54) is 6.07 Å². The number of nitrogens with zero attached hydrogens (tertiary/aromatic N) is 1. The largest absolute Gasteiger partial charge is 0.376 e. The fraction of sp³-hybridized carbons (Fsp3) is 0.154. The second-order valence-electron chi connectivity index (χ2n) is 3.78. The maximum atomic E-state index is 13.5. The molecule has 0 fully saturated rings. The number of anilines is 1. The van der Waals surface area contributed by atoms with Crippen LogP contribution in [0.25, 0.3) is 0 Å². The first-order chi connectivity index (χ1) is 8.16. The first-order valence-electron chi connectivity index (χ1n) is 5.28. The zero-order valence-corrected chi connectivity index (χ0v) is 10.9. The summed E-state index contributed by atoms with van der Waals surface area (Å²) >= 11 is 3.32. The van der Waals surface area contributed by atoms with Crippen molar-refractivity contribution in [1.82, 2.24) is 4.98 Å². The van der Waals surface area contributed by atoms with Crippen molar-refractivity contribution in [2.75, 3.05) is 5.32 Å². The molecule has 1 aromatic carbocycles. The molecule has 0 amide bonds. The summed E-state index contributed by atoms with van der Waals surface area (Å²) in [5.41, 5.74) is 1.50. The van der Waals surface area contributed by atoms with Crippen molar-refractivity contribution in [3.05, 3.63) is 58.6 Å². The van der Waals surface area contributed by atoms with E-state index in [2.05, 4.69) is 26.2 Å². The fourth-order valence-corrected chi connectivity index (χ4v) is 1.92. The summed E-state index contributed by atoms with van der Waals surface area (Å²) in [6.07, 6.45) is 3.49. The summed E-state index contributed by atoms with van der Waals surface area (Å²) in [6, 6.07) is 8.66. The van der Waals surface area contributed by atoms with E-state index in [9.17, 15) is 4.39 Å². The zero-order chi connectivity index (χ0) is 12.3. The molecule has 0 saturated carbocycles. The second-order valence-corrected chi connectivity index (χ2v) is 4.69. The molecule has 2 rings (SSSR count). The molecule has 17 heavy (non-hydrogen) atoms. The molecule has 0 aliphatic carbocycles. The summed E-state index contributed by atoms with van der Waals surface area (Å²) in [6.45, 7) is 1.97. The van der Waals surface area contributed by atoms with Gasteiger partial charge in [-0.3, -0.25) is 4.98 Å². The van der Waals surface area contributed by atoms with Gasteiger partial charge in [0.2, 0.25) is 0 Å². The first-order valence-corrected chi connectivity index (χ1v) is 6.07. The van der Waals surface area contributed by atoms with Crippen molar-refractivity contribution in [2.45, 2.75) is 13.0 Å². The lowest BCUT2D eigenvalue weighted by molar-refractivity contribution is 0.627. The number of halogens is 2. The minimum atomic E-state index is -0.260. The van der Waals surface area contributed by atoms with E-state index < -0.39 is 0 Å². The molecule has 0 saturated heterocycles. The number of hydrogen-bond donors (Lipinski definition) is 1. The van der Waals surface area contributed by atoms with E-state index in [1.807, 2.05) is 19.1 Å². The molecular formula is C13H12BrFN2. The Morgan fingerprint density at radius 1 is 1.35 bits per heavy atom. The average molecular weight is 295 g/mol. The Morgan fingerprint density at radius 2 is 2.18 bits per heavy atom. The van der Waals surface area contributed by atoms with E-state index in [0.29, 0.717) is 5.69 Å². The minimum absolute atomic E-state index is 0.00694. The smallest absolute Gasteiger partial charge is 0.146 e. The molecule has 0 bridgehead atoms. The molecule has 0 spiro atoms. The Kier molecular flexibility index (Phi) is 3.74. The van der Waals surface area contributed by atoms with Crippen LogP contribution in [-0.4, -0.2) is 4.98 Å². The van der Waals surface area contributed by atoms with Crippen molar-refractivity contribution in [3.8, 4) is 0 Å². The van der Waals surface area contributed by atoms with Crippen LogP contribution in [-0.2, 0) is 0 Å². The Morgan fingerprint density at radius 3 is 2.88 bits per heavy atom. The Bertz CT molecular complexity index is 502. The Labute approximate surface area is 108 Å². The van der Waals surface area contributed by atoms with Crippen molar-refractivity contribution < 1.29 is 4.39 Å². The van der Waals surface area contributed by atoms with Crippen LogP contribution in [0.4, 0.5) is 10.1 Å². The van der Waals surface area contributed by atoms with E-state index in [0.717, 1.165) is 10.0 Å². The predicted octanol–water partition coefficient (Wildman–Crippen LogP) is 4.16. The van der Waals surface area contributed by atoms with Crippen LogP contribution in [0.2, 0.25) is 0 Å². The van der Waals surface area contributed by atoms with Crippen LogP contribution in [0.1, 0.15) is 18.5 Å². The van der Waals surface area contributed by atoms with E-state index >= 15 is 0 Å². The van der Waals surface area contributed by atoms with Gasteiger partial charge in [0.05, 0.1) is 11.7 Å². The van der Waals surface area contributed by atoms with Crippen molar-refractivity contribution >= 4 is 21.6 Å². The molecule has 4 heteroatoms. The molecule has 0 aliphatic rings. The monoisotopic (exact) mass is 294 g/mol. The third-order valence-electron chi connectivity index (χ3n) is 2.48. The first kappa shape index (κ1) is 12.0. The maximum absolute atomic E-state index is 13.5. The molecule has 0 aliphatic heterocycles. The maximum Gasteiger partial charge on any atom is 0.146 e. The standard InChI is InChI=1S/C13H12BrFN2/c1-9(10-3-2-6-16-8-10)17-13-7-11(14)4-5-12(13)15/h2-9,17H,1H3. The third-order valence-corrected chi connectivity index (χ3v) is 2.98. The van der Waals surface area contributed by atoms with E-state index in [4.69, 9.17) is 0 Å². The topological polar surface area (TPSA) is 24.9 Å². The van der Waals surface area contributed by atoms with Gasteiger partial charge in [0, 0.05) is 16.9 Å². The van der Waals surface area contributed by atoms with Gasteiger partial charge in [-0.2, -0.15) is 0 Å². The van der Waals surface area contributed by atoms with Gasteiger partial charge in [-0.05, 0) is 36.8 Å². The molecule has 1 unspecified atom stereocenters. The number of rotatable bonds is 3. The van der Waals surface area contributed by atoms with E-state index in [-0.39, 0.29) is 11.9 Å². The highest BCUT2D eigenvalue weighted by Gasteiger charge is 2.08. The number of hydrogen-bond acceptors (Lipinski definition) is 2. The lowest BCUT2D eigenvalue weighted by atomic mass is 10.1. The van der Waals surface area contributed by atoms with Crippen LogP contribution >= 0.6 is 15.9 Å². The van der Waals surface area contributed by atoms with Crippen molar-refractivity contribution in [3.63, 3.8) is 0 Å². The van der Waals surface area contributed by atoms with Gasteiger partial charge in [0.1, 0.15) is 5.82 Å². The number of aromatic nitrogens is 1. The van der Waals surface area contributed by atoms with Gasteiger partial charge in [-0.1, -0.05) is 22.0 Å². The Balaban J connectivity index is 2.18. The summed E-state index contributed by atoms with van der Waals surface area (Å²) in [7, 11) is 0. The molecule has 2 nitrogen and oxygen atoms in total. The Hall–Kier alpha value is -1.42. The molecule has 1 N–H and O–H groups in total.